The molecular weight excluding hydrogens is 318 g/mol. The molecule has 0 aliphatic rings. The first-order valence-electron chi connectivity index (χ1n) is 7.92. The van der Waals surface area contributed by atoms with Gasteiger partial charge in [-0.3, -0.25) is 0 Å². The van der Waals surface area contributed by atoms with Crippen LogP contribution < -0.4 is 9.47 Å². The molecule has 0 radical (unpaired) electrons. The molecule has 2 aromatic carbocycles. The van der Waals surface area contributed by atoms with Gasteiger partial charge in [-0.1, -0.05) is 30.3 Å². The number of rotatable bonds is 8. The lowest BCUT2D eigenvalue weighted by atomic mass is 10.1. The van der Waals surface area contributed by atoms with Crippen LogP contribution in [0.2, 0.25) is 0 Å². The molecule has 5 heteroatoms. The molecule has 0 unspecified atom stereocenters. The summed E-state index contributed by atoms with van der Waals surface area (Å²) in [5.41, 5.74) is 0.637. The minimum atomic E-state index is -0.632. The minimum Gasteiger partial charge on any atom is -0.490 e. The Morgan fingerprint density at radius 3 is 2.40 bits per heavy atom. The summed E-state index contributed by atoms with van der Waals surface area (Å²) in [6.45, 7) is 2.71. The van der Waals surface area contributed by atoms with E-state index in [0.717, 1.165) is 5.75 Å². The maximum absolute atomic E-state index is 11.6. The third-order valence-electron chi connectivity index (χ3n) is 3.15. The van der Waals surface area contributed by atoms with Crippen molar-refractivity contribution in [1.82, 2.24) is 0 Å². The Morgan fingerprint density at radius 1 is 1.04 bits per heavy atom. The van der Waals surface area contributed by atoms with Gasteiger partial charge in [-0.15, -0.1) is 0 Å². The smallest absolute Gasteiger partial charge is 0.348 e. The average molecular weight is 337 g/mol. The highest BCUT2D eigenvalue weighted by Gasteiger charge is 2.09. The minimum absolute atomic E-state index is 0.0496. The van der Waals surface area contributed by atoms with E-state index in [-0.39, 0.29) is 12.2 Å². The van der Waals surface area contributed by atoms with Gasteiger partial charge in [-0.05, 0) is 42.8 Å². The van der Waals surface area contributed by atoms with Crippen molar-refractivity contribution >= 4 is 12.0 Å². The highest BCUT2D eigenvalue weighted by molar-refractivity contribution is 5.97. The van der Waals surface area contributed by atoms with Gasteiger partial charge in [0.25, 0.3) is 0 Å². The molecule has 128 valence electrons. The summed E-state index contributed by atoms with van der Waals surface area (Å²) in [5, 5.41) is 9.07. The van der Waals surface area contributed by atoms with Gasteiger partial charge < -0.3 is 14.2 Å². The molecular formula is C20H19NO4. The van der Waals surface area contributed by atoms with E-state index < -0.39 is 5.97 Å². The van der Waals surface area contributed by atoms with Crippen LogP contribution in [0.5, 0.6) is 11.5 Å². The SMILES string of the molecule is CCOC(=O)C(C#N)=Cc1cccc(OCCOc2ccccc2)c1. The molecule has 0 N–H and O–H groups in total. The third-order valence-corrected chi connectivity index (χ3v) is 3.15. The van der Waals surface area contributed by atoms with Crippen molar-refractivity contribution in [2.24, 2.45) is 0 Å². The molecule has 0 aromatic heterocycles. The second-order valence-electron chi connectivity index (χ2n) is 4.97. The Labute approximate surface area is 147 Å². The Balaban J connectivity index is 1.92. The first-order chi connectivity index (χ1) is 12.2. The number of ether oxygens (including phenoxy) is 3. The Bertz CT molecular complexity index is 763. The fraction of sp³-hybridized carbons (Fsp3) is 0.200. The maximum Gasteiger partial charge on any atom is 0.348 e. The number of nitrogens with zero attached hydrogens (tertiary/aromatic N) is 1. The molecule has 0 aliphatic carbocycles. The van der Waals surface area contributed by atoms with Crippen LogP contribution >= 0.6 is 0 Å². The second-order valence-corrected chi connectivity index (χ2v) is 4.97. The summed E-state index contributed by atoms with van der Waals surface area (Å²) < 4.78 is 16.0. The number of carbonyl (C=O) groups excluding carboxylic acids is 1. The van der Waals surface area contributed by atoms with E-state index >= 15 is 0 Å². The van der Waals surface area contributed by atoms with Crippen molar-refractivity contribution in [2.75, 3.05) is 19.8 Å². The lowest BCUT2D eigenvalue weighted by Gasteiger charge is -2.09. The topological polar surface area (TPSA) is 68.6 Å². The number of esters is 1. The van der Waals surface area contributed by atoms with Gasteiger partial charge in [-0.2, -0.15) is 5.26 Å². The van der Waals surface area contributed by atoms with Gasteiger partial charge in [0.15, 0.2) is 0 Å². The van der Waals surface area contributed by atoms with Gasteiger partial charge in [0.2, 0.25) is 0 Å². The van der Waals surface area contributed by atoms with Crippen LogP contribution in [-0.4, -0.2) is 25.8 Å². The summed E-state index contributed by atoms with van der Waals surface area (Å²) in [7, 11) is 0. The van der Waals surface area contributed by atoms with E-state index in [1.165, 1.54) is 6.08 Å². The summed E-state index contributed by atoms with van der Waals surface area (Å²) in [5.74, 6) is 0.787. The van der Waals surface area contributed by atoms with Gasteiger partial charge >= 0.3 is 5.97 Å². The second kappa shape index (κ2) is 9.78. The molecule has 25 heavy (non-hydrogen) atoms. The third kappa shape index (κ3) is 6.04. The van der Waals surface area contributed by atoms with Crippen LogP contribution in [0.1, 0.15) is 12.5 Å². The van der Waals surface area contributed by atoms with E-state index in [9.17, 15) is 4.79 Å². The van der Waals surface area contributed by atoms with E-state index in [4.69, 9.17) is 19.5 Å². The molecule has 0 spiro atoms. The van der Waals surface area contributed by atoms with E-state index in [0.29, 0.717) is 24.5 Å². The van der Waals surface area contributed by atoms with Crippen molar-refractivity contribution in [3.63, 3.8) is 0 Å². The summed E-state index contributed by atoms with van der Waals surface area (Å²) in [4.78, 5) is 11.6. The fourth-order valence-corrected chi connectivity index (χ4v) is 2.04. The number of carbonyl (C=O) groups is 1. The summed E-state index contributed by atoms with van der Waals surface area (Å²) in [6.07, 6.45) is 1.48. The van der Waals surface area contributed by atoms with Crippen molar-refractivity contribution < 1.29 is 19.0 Å². The van der Waals surface area contributed by atoms with Crippen LogP contribution in [0, 0.1) is 11.3 Å². The predicted molar refractivity (Wildman–Crippen MR) is 94.1 cm³/mol. The molecule has 0 amide bonds. The lowest BCUT2D eigenvalue weighted by Crippen LogP contribution is -2.09. The average Bonchev–Trinajstić information content (AvgIpc) is 2.64. The molecule has 0 saturated carbocycles. The first-order valence-corrected chi connectivity index (χ1v) is 7.92. The fourth-order valence-electron chi connectivity index (χ4n) is 2.04. The molecule has 2 aromatic rings. The number of nitriles is 1. The highest BCUT2D eigenvalue weighted by Crippen LogP contribution is 2.16. The number of para-hydroxylation sites is 1. The largest absolute Gasteiger partial charge is 0.490 e. The molecule has 0 heterocycles. The van der Waals surface area contributed by atoms with Crippen molar-refractivity contribution in [1.29, 1.82) is 5.26 Å². The standard InChI is InChI=1S/C20H19NO4/c1-2-23-20(22)17(15-21)13-16-7-6-10-19(14-16)25-12-11-24-18-8-4-3-5-9-18/h3-10,13-14H,2,11-12H2,1H3. The Hall–Kier alpha value is -3.26. The monoisotopic (exact) mass is 337 g/mol. The van der Waals surface area contributed by atoms with Gasteiger partial charge in [0, 0.05) is 0 Å². The van der Waals surface area contributed by atoms with E-state index in [1.54, 1.807) is 31.2 Å². The predicted octanol–water partition coefficient (Wildman–Crippen LogP) is 3.61. The van der Waals surface area contributed by atoms with Gasteiger partial charge in [0.05, 0.1) is 6.61 Å². The molecule has 0 atom stereocenters. The van der Waals surface area contributed by atoms with Gasteiger partial charge in [0.1, 0.15) is 36.4 Å². The van der Waals surface area contributed by atoms with Crippen LogP contribution in [0.4, 0.5) is 0 Å². The van der Waals surface area contributed by atoms with Crippen molar-refractivity contribution in [3.8, 4) is 17.6 Å². The number of hydrogen-bond acceptors (Lipinski definition) is 5. The Kier molecular flexibility index (Phi) is 7.08. The Morgan fingerprint density at radius 2 is 1.72 bits per heavy atom. The lowest BCUT2D eigenvalue weighted by molar-refractivity contribution is -0.137. The van der Waals surface area contributed by atoms with Crippen LogP contribution in [-0.2, 0) is 9.53 Å². The zero-order chi connectivity index (χ0) is 17.9. The molecule has 5 nitrogen and oxygen atoms in total. The van der Waals surface area contributed by atoms with Crippen molar-refractivity contribution in [2.45, 2.75) is 6.92 Å². The maximum atomic E-state index is 11.6. The van der Waals surface area contributed by atoms with Crippen LogP contribution in [0.3, 0.4) is 0 Å². The molecule has 0 aliphatic heterocycles. The molecule has 0 fully saturated rings. The quantitative estimate of drug-likeness (QED) is 0.318. The summed E-state index contributed by atoms with van der Waals surface area (Å²) in [6, 6.07) is 18.5. The molecule has 0 bridgehead atoms. The molecule has 0 saturated heterocycles. The van der Waals surface area contributed by atoms with E-state index in [1.807, 2.05) is 36.4 Å². The van der Waals surface area contributed by atoms with Gasteiger partial charge in [-0.25, -0.2) is 4.79 Å². The zero-order valence-corrected chi connectivity index (χ0v) is 14.0. The molecule has 2 rings (SSSR count). The normalized spacial score (nSPS) is 10.6. The first kappa shape index (κ1) is 18.1. The van der Waals surface area contributed by atoms with E-state index in [2.05, 4.69) is 0 Å². The van der Waals surface area contributed by atoms with Crippen LogP contribution in [0.15, 0.2) is 60.2 Å². The zero-order valence-electron chi connectivity index (χ0n) is 14.0. The summed E-state index contributed by atoms with van der Waals surface area (Å²) >= 11 is 0. The number of benzene rings is 2. The van der Waals surface area contributed by atoms with Crippen molar-refractivity contribution in [3.05, 3.63) is 65.7 Å². The van der Waals surface area contributed by atoms with Crippen LogP contribution in [0.25, 0.3) is 6.08 Å². The highest BCUT2D eigenvalue weighted by atomic mass is 16.5. The number of hydrogen-bond donors (Lipinski definition) is 0.